The van der Waals surface area contributed by atoms with Gasteiger partial charge in [-0.1, -0.05) is 30.3 Å². The third kappa shape index (κ3) is 3.68. The Morgan fingerprint density at radius 1 is 1.19 bits per heavy atom. The summed E-state index contributed by atoms with van der Waals surface area (Å²) in [6, 6.07) is 10.7. The lowest BCUT2D eigenvalue weighted by atomic mass is 9.79. The second-order valence-corrected chi connectivity index (χ2v) is 8.01. The summed E-state index contributed by atoms with van der Waals surface area (Å²) in [7, 11) is 0. The summed E-state index contributed by atoms with van der Waals surface area (Å²) in [6.07, 6.45) is 6.41. The minimum absolute atomic E-state index is 0.0522. The SMILES string of the molecule is Cc1cnc(C(=O)N2CCC3(CCCN(CCc4ccccc4)C3)C2)[nH]1. The highest BCUT2D eigenvalue weighted by Crippen LogP contribution is 2.39. The van der Waals surface area contributed by atoms with Crippen molar-refractivity contribution in [1.29, 1.82) is 0 Å². The first-order valence-electron chi connectivity index (χ1n) is 9.71. The number of H-pyrrole nitrogens is 1. The Kier molecular flexibility index (Phi) is 4.81. The molecule has 1 atom stereocenters. The molecule has 138 valence electrons. The lowest BCUT2D eigenvalue weighted by Gasteiger charge is -2.40. The number of nitrogens with zero attached hydrogens (tertiary/aromatic N) is 3. The number of carbonyl (C=O) groups is 1. The fraction of sp³-hybridized carbons (Fsp3) is 0.524. The largest absolute Gasteiger partial charge is 0.338 e. The highest BCUT2D eigenvalue weighted by molar-refractivity contribution is 5.90. The molecule has 3 heterocycles. The van der Waals surface area contributed by atoms with Crippen molar-refractivity contribution in [3.63, 3.8) is 0 Å². The minimum Gasteiger partial charge on any atom is -0.338 e. The van der Waals surface area contributed by atoms with E-state index in [1.807, 2.05) is 11.8 Å². The van der Waals surface area contributed by atoms with Crippen LogP contribution in [0.3, 0.4) is 0 Å². The molecule has 2 saturated heterocycles. The molecule has 2 aliphatic heterocycles. The quantitative estimate of drug-likeness (QED) is 0.920. The van der Waals surface area contributed by atoms with Crippen LogP contribution in [-0.2, 0) is 6.42 Å². The minimum atomic E-state index is 0.0522. The Labute approximate surface area is 155 Å². The lowest BCUT2D eigenvalue weighted by molar-refractivity contribution is 0.0683. The van der Waals surface area contributed by atoms with Gasteiger partial charge < -0.3 is 14.8 Å². The zero-order valence-electron chi connectivity index (χ0n) is 15.6. The Morgan fingerprint density at radius 2 is 2.04 bits per heavy atom. The summed E-state index contributed by atoms with van der Waals surface area (Å²) in [5, 5.41) is 0. The predicted molar refractivity (Wildman–Crippen MR) is 102 cm³/mol. The van der Waals surface area contributed by atoms with Crippen LogP contribution in [0.15, 0.2) is 36.5 Å². The number of nitrogens with one attached hydrogen (secondary N) is 1. The third-order valence-electron chi connectivity index (χ3n) is 5.93. The number of rotatable bonds is 4. The fourth-order valence-electron chi connectivity index (χ4n) is 4.55. The Morgan fingerprint density at radius 3 is 2.81 bits per heavy atom. The topological polar surface area (TPSA) is 52.2 Å². The molecule has 2 aromatic rings. The highest BCUT2D eigenvalue weighted by atomic mass is 16.2. The smallest absolute Gasteiger partial charge is 0.289 e. The molecular formula is C21H28N4O. The standard InChI is InChI=1S/C21H28N4O/c1-17-14-22-19(23-17)20(26)25-13-10-21(16-25)9-5-11-24(15-21)12-8-18-6-3-2-4-7-18/h2-4,6-7,14H,5,8-13,15-16H2,1H3,(H,22,23). The Balaban J connectivity index is 1.35. The van der Waals surface area contributed by atoms with Crippen LogP contribution in [0.25, 0.3) is 0 Å². The van der Waals surface area contributed by atoms with Crippen molar-refractivity contribution in [3.8, 4) is 0 Å². The van der Waals surface area contributed by atoms with Crippen molar-refractivity contribution in [2.24, 2.45) is 5.41 Å². The van der Waals surface area contributed by atoms with E-state index < -0.39 is 0 Å². The number of hydrogen-bond acceptors (Lipinski definition) is 3. The number of carbonyl (C=O) groups excluding carboxylic acids is 1. The molecule has 5 nitrogen and oxygen atoms in total. The van der Waals surface area contributed by atoms with Gasteiger partial charge in [0, 0.05) is 43.5 Å². The van der Waals surface area contributed by atoms with Crippen molar-refractivity contribution < 1.29 is 4.79 Å². The number of likely N-dealkylation sites (tertiary alicyclic amines) is 2. The molecule has 1 unspecified atom stereocenters. The van der Waals surface area contributed by atoms with E-state index in [1.54, 1.807) is 6.20 Å². The van der Waals surface area contributed by atoms with Crippen LogP contribution in [0, 0.1) is 12.3 Å². The van der Waals surface area contributed by atoms with E-state index in [2.05, 4.69) is 45.2 Å². The maximum Gasteiger partial charge on any atom is 0.289 e. The first kappa shape index (κ1) is 17.3. The molecule has 2 fully saturated rings. The average Bonchev–Trinajstić information content (AvgIpc) is 3.27. The molecule has 1 spiro atoms. The number of piperidine rings is 1. The average molecular weight is 352 g/mol. The van der Waals surface area contributed by atoms with Crippen LogP contribution in [0.4, 0.5) is 0 Å². The van der Waals surface area contributed by atoms with Crippen molar-refractivity contribution in [1.82, 2.24) is 19.8 Å². The van der Waals surface area contributed by atoms with Gasteiger partial charge in [-0.25, -0.2) is 4.98 Å². The molecule has 0 radical (unpaired) electrons. The van der Waals surface area contributed by atoms with E-state index in [-0.39, 0.29) is 11.3 Å². The predicted octanol–water partition coefficient (Wildman–Crippen LogP) is 2.89. The molecule has 0 aliphatic carbocycles. The lowest BCUT2D eigenvalue weighted by Crippen LogP contribution is -2.46. The van der Waals surface area contributed by atoms with E-state index >= 15 is 0 Å². The first-order valence-corrected chi connectivity index (χ1v) is 9.71. The van der Waals surface area contributed by atoms with Crippen molar-refractivity contribution in [2.45, 2.75) is 32.6 Å². The van der Waals surface area contributed by atoms with Gasteiger partial charge in [-0.15, -0.1) is 0 Å². The van der Waals surface area contributed by atoms with E-state index in [4.69, 9.17) is 0 Å². The molecule has 5 heteroatoms. The van der Waals surface area contributed by atoms with Crippen LogP contribution in [-0.4, -0.2) is 58.4 Å². The van der Waals surface area contributed by atoms with Gasteiger partial charge in [-0.2, -0.15) is 0 Å². The normalized spacial score (nSPS) is 23.7. The van der Waals surface area contributed by atoms with Crippen LogP contribution >= 0.6 is 0 Å². The second kappa shape index (κ2) is 7.23. The molecule has 1 amide bonds. The van der Waals surface area contributed by atoms with Crippen molar-refractivity contribution in [2.75, 3.05) is 32.7 Å². The summed E-state index contributed by atoms with van der Waals surface area (Å²) in [5.74, 6) is 0.535. The summed E-state index contributed by atoms with van der Waals surface area (Å²) >= 11 is 0. The molecule has 1 aromatic carbocycles. The number of aromatic nitrogens is 2. The van der Waals surface area contributed by atoms with Gasteiger partial charge in [-0.3, -0.25) is 4.79 Å². The van der Waals surface area contributed by atoms with Gasteiger partial charge in [0.2, 0.25) is 0 Å². The van der Waals surface area contributed by atoms with Crippen molar-refractivity contribution >= 4 is 5.91 Å². The van der Waals surface area contributed by atoms with Gasteiger partial charge >= 0.3 is 0 Å². The number of imidazole rings is 1. The number of aryl methyl sites for hydroxylation is 1. The van der Waals surface area contributed by atoms with E-state index in [0.717, 1.165) is 44.7 Å². The number of benzene rings is 1. The Bertz CT molecular complexity index is 756. The molecule has 26 heavy (non-hydrogen) atoms. The zero-order valence-corrected chi connectivity index (χ0v) is 15.6. The Hall–Kier alpha value is -2.14. The number of aromatic amines is 1. The molecule has 2 aliphatic rings. The van der Waals surface area contributed by atoms with Gasteiger partial charge in [0.25, 0.3) is 5.91 Å². The van der Waals surface area contributed by atoms with E-state index in [1.165, 1.54) is 24.9 Å². The van der Waals surface area contributed by atoms with E-state index in [9.17, 15) is 4.79 Å². The third-order valence-corrected chi connectivity index (χ3v) is 5.93. The van der Waals surface area contributed by atoms with Crippen LogP contribution in [0.2, 0.25) is 0 Å². The van der Waals surface area contributed by atoms with Crippen molar-refractivity contribution in [3.05, 3.63) is 53.6 Å². The van der Waals surface area contributed by atoms with Gasteiger partial charge in [0.1, 0.15) is 0 Å². The van der Waals surface area contributed by atoms with E-state index in [0.29, 0.717) is 5.82 Å². The van der Waals surface area contributed by atoms with Gasteiger partial charge in [0.05, 0.1) is 0 Å². The monoisotopic (exact) mass is 352 g/mol. The summed E-state index contributed by atoms with van der Waals surface area (Å²) < 4.78 is 0. The molecule has 0 bridgehead atoms. The molecule has 0 saturated carbocycles. The maximum atomic E-state index is 12.7. The highest BCUT2D eigenvalue weighted by Gasteiger charge is 2.43. The zero-order chi connectivity index (χ0) is 18.0. The molecular weight excluding hydrogens is 324 g/mol. The number of hydrogen-bond donors (Lipinski definition) is 1. The summed E-state index contributed by atoms with van der Waals surface area (Å²) in [6.45, 7) is 7.05. The van der Waals surface area contributed by atoms with Crippen LogP contribution < -0.4 is 0 Å². The first-order chi connectivity index (χ1) is 12.6. The van der Waals surface area contributed by atoms with Gasteiger partial charge in [0.15, 0.2) is 5.82 Å². The molecule has 1 N–H and O–H groups in total. The fourth-order valence-corrected chi connectivity index (χ4v) is 4.55. The number of amides is 1. The van der Waals surface area contributed by atoms with Crippen LogP contribution in [0.1, 0.15) is 41.1 Å². The second-order valence-electron chi connectivity index (χ2n) is 8.01. The molecule has 1 aromatic heterocycles. The van der Waals surface area contributed by atoms with Crippen LogP contribution in [0.5, 0.6) is 0 Å². The summed E-state index contributed by atoms with van der Waals surface area (Å²) in [4.78, 5) is 24.6. The summed E-state index contributed by atoms with van der Waals surface area (Å²) in [5.41, 5.74) is 2.61. The molecule has 4 rings (SSSR count). The van der Waals surface area contributed by atoms with Gasteiger partial charge in [-0.05, 0) is 44.7 Å². The maximum absolute atomic E-state index is 12.7.